The van der Waals surface area contributed by atoms with Gasteiger partial charge in [-0.15, -0.1) is 10.2 Å². The van der Waals surface area contributed by atoms with Crippen LogP contribution in [-0.2, 0) is 20.9 Å². The Balaban J connectivity index is 1.52. The Morgan fingerprint density at radius 2 is 2.38 bits per heavy atom. The summed E-state index contributed by atoms with van der Waals surface area (Å²) in [6.07, 6.45) is 3.52. The van der Waals surface area contributed by atoms with Crippen molar-refractivity contribution in [2.75, 3.05) is 12.3 Å². The maximum absolute atomic E-state index is 12.8. The molecule has 9 heteroatoms. The molecule has 24 heavy (non-hydrogen) atoms. The summed E-state index contributed by atoms with van der Waals surface area (Å²) in [4.78, 5) is 27.3. The summed E-state index contributed by atoms with van der Waals surface area (Å²) in [6, 6.07) is 0.0848. The molecule has 2 fully saturated rings. The molecule has 2 amide bonds. The number of ether oxygens (including phenoxy) is 1. The maximum atomic E-state index is 12.8. The van der Waals surface area contributed by atoms with Gasteiger partial charge in [0.1, 0.15) is 10.6 Å². The van der Waals surface area contributed by atoms with Crippen molar-refractivity contribution < 1.29 is 14.3 Å². The smallest absolute Gasteiger partial charge is 0.230 e. The van der Waals surface area contributed by atoms with Gasteiger partial charge in [0.05, 0.1) is 31.0 Å². The lowest BCUT2D eigenvalue weighted by Gasteiger charge is -2.24. The Bertz CT molecular complexity index is 732. The molecule has 3 N–H and O–H groups in total. The number of amides is 2. The van der Waals surface area contributed by atoms with Gasteiger partial charge in [0.2, 0.25) is 16.9 Å². The molecule has 4 atom stereocenters. The van der Waals surface area contributed by atoms with E-state index in [1.807, 2.05) is 26.0 Å². The Morgan fingerprint density at radius 3 is 3.04 bits per heavy atom. The molecule has 0 aliphatic carbocycles. The normalized spacial score (nSPS) is 33.5. The van der Waals surface area contributed by atoms with Gasteiger partial charge in [-0.05, 0) is 13.8 Å². The van der Waals surface area contributed by atoms with Gasteiger partial charge in [-0.25, -0.2) is 0 Å². The van der Waals surface area contributed by atoms with E-state index in [0.29, 0.717) is 16.7 Å². The summed E-state index contributed by atoms with van der Waals surface area (Å²) in [5.74, 6) is -1.15. The molecule has 0 radical (unpaired) electrons. The third kappa shape index (κ3) is 2.15. The summed E-state index contributed by atoms with van der Waals surface area (Å²) in [7, 11) is 0. The van der Waals surface area contributed by atoms with E-state index in [4.69, 9.17) is 10.5 Å². The predicted octanol–water partition coefficient (Wildman–Crippen LogP) is -0.0731. The number of anilines is 1. The topological polar surface area (TPSA) is 110 Å². The molecule has 0 saturated carbocycles. The van der Waals surface area contributed by atoms with Crippen LogP contribution in [0.1, 0.15) is 18.9 Å². The van der Waals surface area contributed by atoms with E-state index in [9.17, 15) is 9.59 Å². The summed E-state index contributed by atoms with van der Waals surface area (Å²) in [5.41, 5.74) is 4.89. The Morgan fingerprint density at radius 1 is 1.58 bits per heavy atom. The monoisotopic (exact) mass is 349 g/mol. The summed E-state index contributed by atoms with van der Waals surface area (Å²) in [5, 5.41) is 11.4. The molecule has 2 bridgehead atoms. The van der Waals surface area contributed by atoms with Crippen LogP contribution in [0.2, 0.25) is 0 Å². The van der Waals surface area contributed by atoms with E-state index in [1.54, 1.807) is 4.90 Å². The molecule has 1 spiro atoms. The second-order valence-electron chi connectivity index (χ2n) is 6.71. The molecule has 4 heterocycles. The van der Waals surface area contributed by atoms with Crippen molar-refractivity contribution in [3.05, 3.63) is 17.2 Å². The van der Waals surface area contributed by atoms with E-state index in [0.717, 1.165) is 0 Å². The number of fused-ring (bicyclic) bond motifs is 1. The fraction of sp³-hybridized carbons (Fsp3) is 0.600. The fourth-order valence-corrected chi connectivity index (χ4v) is 4.43. The number of nitrogen functional groups attached to an aromatic ring is 1. The van der Waals surface area contributed by atoms with Gasteiger partial charge in [-0.3, -0.25) is 9.59 Å². The molecule has 0 aromatic carbocycles. The average Bonchev–Trinajstić information content (AvgIpc) is 3.26. The van der Waals surface area contributed by atoms with Crippen LogP contribution in [0, 0.1) is 11.8 Å². The number of carbonyl (C=O) groups excluding carboxylic acids is 2. The Kier molecular flexibility index (Phi) is 3.40. The molecule has 1 aromatic rings. The van der Waals surface area contributed by atoms with E-state index in [1.165, 1.54) is 11.3 Å². The van der Waals surface area contributed by atoms with Gasteiger partial charge in [0, 0.05) is 6.04 Å². The molecule has 3 aliphatic rings. The minimum atomic E-state index is -0.652. The zero-order chi connectivity index (χ0) is 17.1. The van der Waals surface area contributed by atoms with E-state index >= 15 is 0 Å². The van der Waals surface area contributed by atoms with Crippen molar-refractivity contribution in [3.63, 3.8) is 0 Å². The van der Waals surface area contributed by atoms with Crippen LogP contribution in [0.15, 0.2) is 12.2 Å². The number of aromatic nitrogens is 2. The lowest BCUT2D eigenvalue weighted by molar-refractivity contribution is -0.138. The summed E-state index contributed by atoms with van der Waals surface area (Å²) in [6.45, 7) is 4.71. The molecule has 4 rings (SSSR count). The maximum Gasteiger partial charge on any atom is 0.230 e. The zero-order valence-corrected chi connectivity index (χ0v) is 14.2. The van der Waals surface area contributed by atoms with Crippen molar-refractivity contribution in [2.45, 2.75) is 38.1 Å². The molecule has 0 unspecified atom stereocenters. The first-order valence-corrected chi connectivity index (χ1v) is 8.76. The molecule has 128 valence electrons. The highest BCUT2D eigenvalue weighted by atomic mass is 32.1. The van der Waals surface area contributed by atoms with Crippen LogP contribution >= 0.6 is 11.3 Å². The predicted molar refractivity (Wildman–Crippen MR) is 86.7 cm³/mol. The SMILES string of the molecule is CC(C)N1C[C@@]23C=C[C@@H](O2)[C@@H](C(=O)NCc2nnc(N)s2)[C@H]3C1=O. The number of hydrogen-bond acceptors (Lipinski definition) is 7. The van der Waals surface area contributed by atoms with Crippen LogP contribution in [0.5, 0.6) is 0 Å². The highest BCUT2D eigenvalue weighted by Crippen LogP contribution is 2.52. The molecular weight excluding hydrogens is 330 g/mol. The Hall–Kier alpha value is -2.00. The van der Waals surface area contributed by atoms with E-state index in [-0.39, 0.29) is 30.5 Å². The van der Waals surface area contributed by atoms with Crippen LogP contribution in [0.4, 0.5) is 5.13 Å². The summed E-state index contributed by atoms with van der Waals surface area (Å²) >= 11 is 1.23. The highest BCUT2D eigenvalue weighted by molar-refractivity contribution is 7.15. The zero-order valence-electron chi connectivity index (χ0n) is 13.4. The van der Waals surface area contributed by atoms with Gasteiger partial charge < -0.3 is 20.7 Å². The van der Waals surface area contributed by atoms with Crippen molar-refractivity contribution in [2.24, 2.45) is 11.8 Å². The van der Waals surface area contributed by atoms with Gasteiger partial charge >= 0.3 is 0 Å². The molecule has 1 aromatic heterocycles. The third-order valence-electron chi connectivity index (χ3n) is 4.95. The lowest BCUT2D eigenvalue weighted by Crippen LogP contribution is -2.44. The first-order valence-electron chi connectivity index (χ1n) is 7.94. The van der Waals surface area contributed by atoms with Crippen molar-refractivity contribution in [1.82, 2.24) is 20.4 Å². The number of nitrogens with one attached hydrogen (secondary N) is 1. The number of nitrogens with zero attached hydrogens (tertiary/aromatic N) is 3. The quantitative estimate of drug-likeness (QED) is 0.736. The summed E-state index contributed by atoms with van der Waals surface area (Å²) < 4.78 is 6.04. The van der Waals surface area contributed by atoms with Crippen LogP contribution < -0.4 is 11.1 Å². The Labute approximate surface area is 143 Å². The third-order valence-corrected chi connectivity index (χ3v) is 5.70. The number of nitrogens with two attached hydrogens (primary N) is 1. The van der Waals surface area contributed by atoms with Crippen LogP contribution in [-0.4, -0.2) is 51.2 Å². The first-order chi connectivity index (χ1) is 11.4. The standard InChI is InChI=1S/C15H19N5O3S/c1-7(2)20-6-15-4-3-8(23-15)10(11(15)13(20)22)12(21)17-5-9-18-19-14(16)24-9/h3-4,7-8,10-11H,5-6H2,1-2H3,(H2,16,19)(H,17,21)/t8-,10-,11+,15-/m1/s1. The minimum Gasteiger partial charge on any atom is -0.374 e. The highest BCUT2D eigenvalue weighted by Gasteiger charge is 2.66. The van der Waals surface area contributed by atoms with Crippen LogP contribution in [0.3, 0.4) is 0 Å². The molecule has 3 aliphatic heterocycles. The molecular formula is C15H19N5O3S. The number of rotatable bonds is 4. The van der Waals surface area contributed by atoms with E-state index in [2.05, 4.69) is 15.5 Å². The van der Waals surface area contributed by atoms with Gasteiger partial charge in [-0.2, -0.15) is 0 Å². The average molecular weight is 349 g/mol. The fourth-order valence-electron chi connectivity index (χ4n) is 3.88. The van der Waals surface area contributed by atoms with Crippen molar-refractivity contribution >= 4 is 28.3 Å². The largest absolute Gasteiger partial charge is 0.374 e. The van der Waals surface area contributed by atoms with Crippen LogP contribution in [0.25, 0.3) is 0 Å². The lowest BCUT2D eigenvalue weighted by atomic mass is 9.77. The van der Waals surface area contributed by atoms with Crippen molar-refractivity contribution in [3.8, 4) is 0 Å². The second-order valence-corrected chi connectivity index (χ2v) is 7.81. The van der Waals surface area contributed by atoms with Gasteiger partial charge in [0.15, 0.2) is 0 Å². The van der Waals surface area contributed by atoms with E-state index < -0.39 is 17.4 Å². The first kappa shape index (κ1) is 15.5. The van der Waals surface area contributed by atoms with Crippen molar-refractivity contribution in [1.29, 1.82) is 0 Å². The molecule has 2 saturated heterocycles. The number of hydrogen-bond donors (Lipinski definition) is 2. The minimum absolute atomic E-state index is 0.00263. The molecule has 8 nitrogen and oxygen atoms in total. The number of carbonyl (C=O) groups is 2. The number of likely N-dealkylation sites (tertiary alicyclic amines) is 1. The van der Waals surface area contributed by atoms with Gasteiger partial charge in [-0.1, -0.05) is 23.5 Å². The van der Waals surface area contributed by atoms with Gasteiger partial charge in [0.25, 0.3) is 0 Å². The second kappa shape index (κ2) is 5.25.